The first-order valence-electron chi connectivity index (χ1n) is 7.33. The Labute approximate surface area is 121 Å². The van der Waals surface area contributed by atoms with Crippen LogP contribution in [-0.4, -0.2) is 17.0 Å². The van der Waals surface area contributed by atoms with E-state index in [-0.39, 0.29) is 0 Å². The van der Waals surface area contributed by atoms with Crippen LogP contribution in [0.2, 0.25) is 0 Å². The number of hydrogen-bond donors (Lipinski definition) is 1. The van der Waals surface area contributed by atoms with Gasteiger partial charge in [0, 0.05) is 10.9 Å². The van der Waals surface area contributed by atoms with Crippen LogP contribution in [0, 0.1) is 5.92 Å². The van der Waals surface area contributed by atoms with Crippen molar-refractivity contribution in [2.45, 2.75) is 45.3 Å². The van der Waals surface area contributed by atoms with Crippen LogP contribution in [-0.2, 0) is 6.42 Å². The van der Waals surface area contributed by atoms with E-state index in [0.29, 0.717) is 5.25 Å². The van der Waals surface area contributed by atoms with Gasteiger partial charge in [-0.1, -0.05) is 57.5 Å². The molecule has 0 radical (unpaired) electrons. The van der Waals surface area contributed by atoms with Crippen LogP contribution in [0.3, 0.4) is 0 Å². The summed E-state index contributed by atoms with van der Waals surface area (Å²) in [5.74, 6) is 0.788. The molecule has 3 heteroatoms. The van der Waals surface area contributed by atoms with Gasteiger partial charge in [0.15, 0.2) is 5.17 Å². The van der Waals surface area contributed by atoms with Crippen molar-refractivity contribution < 1.29 is 0 Å². The molecule has 0 spiro atoms. The number of amidine groups is 1. The molecule has 2 nitrogen and oxygen atoms in total. The molecule has 104 valence electrons. The maximum Gasteiger partial charge on any atom is 0.161 e. The van der Waals surface area contributed by atoms with E-state index in [4.69, 9.17) is 0 Å². The van der Waals surface area contributed by atoms with Gasteiger partial charge >= 0.3 is 0 Å². The Kier molecular flexibility index (Phi) is 5.32. The average Bonchev–Trinajstić information content (AvgIpc) is 2.89. The number of hydrogen-bond acceptors (Lipinski definition) is 3. The fourth-order valence-corrected chi connectivity index (χ4v) is 3.81. The quantitative estimate of drug-likeness (QED) is 0.852. The first-order valence-corrected chi connectivity index (χ1v) is 8.21. The molecule has 1 atom stereocenters. The van der Waals surface area contributed by atoms with Gasteiger partial charge in [-0.05, 0) is 30.0 Å². The third-order valence-corrected chi connectivity index (χ3v) is 5.16. The first-order chi connectivity index (χ1) is 9.26. The normalized spacial score (nSPS) is 18.7. The Bertz CT molecular complexity index is 421. The molecule has 1 aromatic rings. The van der Waals surface area contributed by atoms with Gasteiger partial charge in [0.1, 0.15) is 0 Å². The summed E-state index contributed by atoms with van der Waals surface area (Å²) < 4.78 is 0. The molecule has 2 rings (SSSR count). The fraction of sp³-hybridized carbons (Fsp3) is 0.562. The van der Waals surface area contributed by atoms with Gasteiger partial charge in [-0.3, -0.25) is 4.99 Å². The molecule has 0 saturated heterocycles. The third kappa shape index (κ3) is 3.75. The number of nitrogens with zero attached hydrogens (tertiary/aromatic N) is 1. The number of thioether (sulfide) groups is 1. The third-order valence-electron chi connectivity index (χ3n) is 3.87. The van der Waals surface area contributed by atoms with E-state index in [2.05, 4.69) is 55.3 Å². The minimum Gasteiger partial charge on any atom is -0.335 e. The van der Waals surface area contributed by atoms with Gasteiger partial charge in [0.05, 0.1) is 6.54 Å². The standard InChI is InChI=1S/C16H24N2S/c1-4-12-7-9-14(10-8-12)18-16-17-11-15(19-16)13(5-2)6-3/h7-10,13,15H,4-6,11H2,1-3H3,(H,17,18). The van der Waals surface area contributed by atoms with Gasteiger partial charge < -0.3 is 5.32 Å². The molecule has 0 amide bonds. The SMILES string of the molecule is CCc1ccc(NC2=NCC(C(CC)CC)S2)cc1. The maximum atomic E-state index is 4.64. The lowest BCUT2D eigenvalue weighted by molar-refractivity contribution is 0.479. The second-order valence-corrected chi connectivity index (χ2v) is 6.28. The lowest BCUT2D eigenvalue weighted by Crippen LogP contribution is -2.17. The van der Waals surface area contributed by atoms with Crippen molar-refractivity contribution in [3.63, 3.8) is 0 Å². The number of anilines is 1. The summed E-state index contributed by atoms with van der Waals surface area (Å²) >= 11 is 1.91. The van der Waals surface area contributed by atoms with Crippen LogP contribution in [0.5, 0.6) is 0 Å². The zero-order valence-electron chi connectivity index (χ0n) is 12.1. The van der Waals surface area contributed by atoms with Crippen LogP contribution in [0.25, 0.3) is 0 Å². The van der Waals surface area contributed by atoms with E-state index >= 15 is 0 Å². The molecular weight excluding hydrogens is 252 g/mol. The second kappa shape index (κ2) is 6.99. The highest BCUT2D eigenvalue weighted by Gasteiger charge is 2.25. The molecule has 0 aliphatic carbocycles. The Morgan fingerprint density at radius 2 is 1.89 bits per heavy atom. The van der Waals surface area contributed by atoms with E-state index in [0.717, 1.165) is 29.7 Å². The first kappa shape index (κ1) is 14.4. The van der Waals surface area contributed by atoms with Crippen LogP contribution < -0.4 is 5.32 Å². The Morgan fingerprint density at radius 3 is 2.47 bits per heavy atom. The number of benzene rings is 1. The highest BCUT2D eigenvalue weighted by Crippen LogP contribution is 2.31. The monoisotopic (exact) mass is 276 g/mol. The predicted molar refractivity (Wildman–Crippen MR) is 87.2 cm³/mol. The maximum absolute atomic E-state index is 4.64. The van der Waals surface area contributed by atoms with E-state index in [1.807, 2.05) is 11.8 Å². The van der Waals surface area contributed by atoms with E-state index in [9.17, 15) is 0 Å². The molecule has 0 saturated carbocycles. The average molecular weight is 276 g/mol. The van der Waals surface area contributed by atoms with Crippen molar-refractivity contribution in [1.82, 2.24) is 0 Å². The van der Waals surface area contributed by atoms with E-state index < -0.39 is 0 Å². The molecule has 1 heterocycles. The van der Waals surface area contributed by atoms with Gasteiger partial charge in [0.25, 0.3) is 0 Å². The van der Waals surface area contributed by atoms with Gasteiger partial charge in [-0.25, -0.2) is 0 Å². The van der Waals surface area contributed by atoms with Crippen molar-refractivity contribution in [3.05, 3.63) is 29.8 Å². The highest BCUT2D eigenvalue weighted by molar-refractivity contribution is 8.15. The zero-order chi connectivity index (χ0) is 13.7. The number of rotatable bonds is 5. The number of nitrogens with one attached hydrogen (secondary N) is 1. The van der Waals surface area contributed by atoms with E-state index in [1.54, 1.807) is 0 Å². The summed E-state index contributed by atoms with van der Waals surface area (Å²) in [7, 11) is 0. The van der Waals surface area contributed by atoms with Gasteiger partial charge in [-0.2, -0.15) is 0 Å². The summed E-state index contributed by atoms with van der Waals surface area (Å²) in [6.07, 6.45) is 3.59. The molecule has 0 aromatic heterocycles. The van der Waals surface area contributed by atoms with Crippen molar-refractivity contribution in [1.29, 1.82) is 0 Å². The molecule has 0 fully saturated rings. The minimum absolute atomic E-state index is 0.660. The van der Waals surface area contributed by atoms with Crippen molar-refractivity contribution >= 4 is 22.6 Å². The lowest BCUT2D eigenvalue weighted by atomic mass is 9.99. The van der Waals surface area contributed by atoms with Gasteiger partial charge in [0.2, 0.25) is 0 Å². The molecule has 1 aromatic carbocycles. The van der Waals surface area contributed by atoms with E-state index in [1.165, 1.54) is 18.4 Å². The topological polar surface area (TPSA) is 24.4 Å². The van der Waals surface area contributed by atoms with Crippen molar-refractivity contribution in [3.8, 4) is 0 Å². The van der Waals surface area contributed by atoms with Crippen LogP contribution in [0.1, 0.15) is 39.2 Å². The number of aliphatic imine (C=N–C) groups is 1. The summed E-state index contributed by atoms with van der Waals surface area (Å²) in [5.41, 5.74) is 2.52. The molecule has 1 unspecified atom stereocenters. The number of aryl methyl sites for hydroxylation is 1. The van der Waals surface area contributed by atoms with Gasteiger partial charge in [-0.15, -0.1) is 0 Å². The Hall–Kier alpha value is -0.960. The summed E-state index contributed by atoms with van der Waals surface area (Å²) in [6, 6.07) is 8.65. The van der Waals surface area contributed by atoms with Crippen LogP contribution >= 0.6 is 11.8 Å². The predicted octanol–water partition coefficient (Wildman–Crippen LogP) is 4.57. The van der Waals surface area contributed by atoms with Crippen LogP contribution in [0.15, 0.2) is 29.3 Å². The summed E-state index contributed by atoms with van der Waals surface area (Å²) in [5, 5.41) is 5.18. The molecular formula is C16H24N2S. The molecule has 0 bridgehead atoms. The fourth-order valence-electron chi connectivity index (χ4n) is 2.47. The largest absolute Gasteiger partial charge is 0.335 e. The smallest absolute Gasteiger partial charge is 0.161 e. The Morgan fingerprint density at radius 1 is 1.21 bits per heavy atom. The summed E-state index contributed by atoms with van der Waals surface area (Å²) in [6.45, 7) is 7.71. The lowest BCUT2D eigenvalue weighted by Gasteiger charge is -2.18. The zero-order valence-corrected chi connectivity index (χ0v) is 13.0. The molecule has 1 N–H and O–H groups in total. The molecule has 1 aliphatic heterocycles. The Balaban J connectivity index is 1.90. The molecule has 19 heavy (non-hydrogen) atoms. The van der Waals surface area contributed by atoms with Crippen LogP contribution in [0.4, 0.5) is 5.69 Å². The molecule has 1 aliphatic rings. The van der Waals surface area contributed by atoms with Crippen molar-refractivity contribution in [2.24, 2.45) is 10.9 Å². The second-order valence-electron chi connectivity index (χ2n) is 5.05. The summed E-state index contributed by atoms with van der Waals surface area (Å²) in [4.78, 5) is 4.64. The minimum atomic E-state index is 0.660. The highest BCUT2D eigenvalue weighted by atomic mass is 32.2. The van der Waals surface area contributed by atoms with Crippen molar-refractivity contribution in [2.75, 3.05) is 11.9 Å².